The lowest BCUT2D eigenvalue weighted by atomic mass is 9.96. The van der Waals surface area contributed by atoms with E-state index >= 15 is 0 Å². The van der Waals surface area contributed by atoms with Crippen molar-refractivity contribution >= 4 is 11.8 Å². The Labute approximate surface area is 164 Å². The first-order valence-corrected chi connectivity index (χ1v) is 10.9. The van der Waals surface area contributed by atoms with Gasteiger partial charge in [-0.3, -0.25) is 14.5 Å². The second-order valence-corrected chi connectivity index (χ2v) is 8.49. The Bertz CT molecular complexity index is 527. The molecule has 4 atom stereocenters. The van der Waals surface area contributed by atoms with Crippen molar-refractivity contribution in [2.24, 2.45) is 0 Å². The zero-order valence-corrected chi connectivity index (χ0v) is 17.4. The average molecular weight is 380 g/mol. The van der Waals surface area contributed by atoms with Crippen molar-refractivity contribution in [3.8, 4) is 0 Å². The molecule has 6 heteroatoms. The molecular formula is C21H37N3O3. The summed E-state index contributed by atoms with van der Waals surface area (Å²) in [5.74, 6) is 0.583. The molecule has 0 aromatic carbocycles. The van der Waals surface area contributed by atoms with Gasteiger partial charge < -0.3 is 14.5 Å². The van der Waals surface area contributed by atoms with Crippen LogP contribution in [0.4, 0.5) is 0 Å². The Balaban J connectivity index is 1.70. The third-order valence-corrected chi connectivity index (χ3v) is 6.81. The van der Waals surface area contributed by atoms with E-state index in [0.717, 1.165) is 58.2 Å². The lowest BCUT2D eigenvalue weighted by Crippen LogP contribution is -2.48. The number of nitrogens with zero attached hydrogens (tertiary/aromatic N) is 3. The van der Waals surface area contributed by atoms with Gasteiger partial charge in [0.15, 0.2) is 0 Å². The van der Waals surface area contributed by atoms with E-state index in [1.54, 1.807) is 7.11 Å². The Morgan fingerprint density at radius 3 is 2.11 bits per heavy atom. The van der Waals surface area contributed by atoms with Gasteiger partial charge >= 0.3 is 0 Å². The van der Waals surface area contributed by atoms with Crippen LogP contribution in [-0.4, -0.2) is 77.6 Å². The molecule has 0 bridgehead atoms. The molecule has 0 aromatic heterocycles. The summed E-state index contributed by atoms with van der Waals surface area (Å²) in [5, 5.41) is 0. The van der Waals surface area contributed by atoms with Gasteiger partial charge in [-0.15, -0.1) is 0 Å². The summed E-state index contributed by atoms with van der Waals surface area (Å²) in [6, 6.07) is 0.844. The van der Waals surface area contributed by atoms with Gasteiger partial charge in [0.1, 0.15) is 6.23 Å². The minimum Gasteiger partial charge on any atom is -0.366 e. The van der Waals surface area contributed by atoms with Crippen molar-refractivity contribution in [1.82, 2.24) is 14.7 Å². The van der Waals surface area contributed by atoms with Crippen LogP contribution < -0.4 is 0 Å². The second-order valence-electron chi connectivity index (χ2n) is 8.49. The van der Waals surface area contributed by atoms with Crippen LogP contribution in [0.15, 0.2) is 0 Å². The van der Waals surface area contributed by atoms with E-state index in [4.69, 9.17) is 4.74 Å². The molecule has 3 saturated heterocycles. The zero-order chi connectivity index (χ0) is 19.4. The molecule has 6 nitrogen and oxygen atoms in total. The summed E-state index contributed by atoms with van der Waals surface area (Å²) >= 11 is 0. The molecular weight excluding hydrogens is 342 g/mol. The van der Waals surface area contributed by atoms with Crippen molar-refractivity contribution in [3.63, 3.8) is 0 Å². The van der Waals surface area contributed by atoms with Gasteiger partial charge in [-0.1, -0.05) is 6.92 Å². The summed E-state index contributed by atoms with van der Waals surface area (Å²) in [4.78, 5) is 31.4. The third kappa shape index (κ3) is 4.65. The lowest BCUT2D eigenvalue weighted by Gasteiger charge is -2.38. The number of ether oxygens (including phenoxy) is 1. The van der Waals surface area contributed by atoms with Crippen LogP contribution in [0.3, 0.4) is 0 Å². The Morgan fingerprint density at radius 1 is 0.963 bits per heavy atom. The quantitative estimate of drug-likeness (QED) is 0.618. The lowest BCUT2D eigenvalue weighted by molar-refractivity contribution is -0.131. The van der Waals surface area contributed by atoms with Crippen molar-refractivity contribution < 1.29 is 14.3 Å². The van der Waals surface area contributed by atoms with Gasteiger partial charge in [-0.05, 0) is 51.9 Å². The molecule has 3 rings (SSSR count). The maximum atomic E-state index is 12.5. The summed E-state index contributed by atoms with van der Waals surface area (Å²) in [5.41, 5.74) is 0. The van der Waals surface area contributed by atoms with Crippen molar-refractivity contribution in [2.45, 2.75) is 96.0 Å². The summed E-state index contributed by atoms with van der Waals surface area (Å²) in [6.07, 6.45) is 8.60. The van der Waals surface area contributed by atoms with Gasteiger partial charge in [0.05, 0.1) is 0 Å². The molecule has 0 radical (unpaired) electrons. The van der Waals surface area contributed by atoms with Crippen LogP contribution >= 0.6 is 0 Å². The first-order chi connectivity index (χ1) is 13.0. The van der Waals surface area contributed by atoms with E-state index in [9.17, 15) is 9.59 Å². The summed E-state index contributed by atoms with van der Waals surface area (Å²) in [7, 11) is 1.79. The monoisotopic (exact) mass is 379 g/mol. The molecule has 0 N–H and O–H groups in total. The average Bonchev–Trinajstić information content (AvgIpc) is 3.39. The van der Waals surface area contributed by atoms with Crippen LogP contribution in [0.25, 0.3) is 0 Å². The van der Waals surface area contributed by atoms with Crippen LogP contribution in [0.2, 0.25) is 0 Å². The molecule has 0 saturated carbocycles. The zero-order valence-electron chi connectivity index (χ0n) is 17.4. The third-order valence-electron chi connectivity index (χ3n) is 6.81. The number of carbonyl (C=O) groups excluding carboxylic acids is 2. The normalized spacial score (nSPS) is 27.6. The minimum atomic E-state index is 0.206. The highest BCUT2D eigenvalue weighted by Crippen LogP contribution is 2.29. The van der Waals surface area contributed by atoms with E-state index in [0.29, 0.717) is 30.7 Å². The smallest absolute Gasteiger partial charge is 0.222 e. The molecule has 3 fully saturated rings. The molecule has 154 valence electrons. The fourth-order valence-corrected chi connectivity index (χ4v) is 5.33. The highest BCUT2D eigenvalue weighted by Gasteiger charge is 2.36. The highest BCUT2D eigenvalue weighted by molar-refractivity contribution is 5.79. The van der Waals surface area contributed by atoms with Gasteiger partial charge in [0, 0.05) is 57.7 Å². The molecule has 4 unspecified atom stereocenters. The van der Waals surface area contributed by atoms with Crippen LogP contribution in [0, 0.1) is 0 Å². The number of carbonyl (C=O) groups is 2. The van der Waals surface area contributed by atoms with Gasteiger partial charge in [0.25, 0.3) is 0 Å². The van der Waals surface area contributed by atoms with Gasteiger partial charge in [0.2, 0.25) is 11.8 Å². The molecule has 3 aliphatic heterocycles. The van der Waals surface area contributed by atoms with E-state index in [-0.39, 0.29) is 18.3 Å². The van der Waals surface area contributed by atoms with Crippen LogP contribution in [0.5, 0.6) is 0 Å². The number of rotatable bonds is 9. The van der Waals surface area contributed by atoms with E-state index in [1.165, 1.54) is 6.42 Å². The second kappa shape index (κ2) is 9.37. The molecule has 2 amide bonds. The summed E-state index contributed by atoms with van der Waals surface area (Å²) < 4.78 is 5.66. The standard InChI is InChI=1S/C21H37N3O3/c1-4-17(23-12-5-8-19(23)25)15-18(24-13-6-9-20(24)26)14-16(2)22-11-7-10-21(22)27-3/h16-18,21H,4-15H2,1-3H3. The number of amides is 2. The van der Waals surface area contributed by atoms with Crippen molar-refractivity contribution in [2.75, 3.05) is 26.7 Å². The maximum Gasteiger partial charge on any atom is 0.222 e. The number of hydrogen-bond donors (Lipinski definition) is 0. The number of likely N-dealkylation sites (tertiary alicyclic amines) is 3. The van der Waals surface area contributed by atoms with Crippen LogP contribution in [-0.2, 0) is 14.3 Å². The topological polar surface area (TPSA) is 53.1 Å². The first-order valence-electron chi connectivity index (χ1n) is 10.9. The van der Waals surface area contributed by atoms with E-state index < -0.39 is 0 Å². The number of hydrogen-bond acceptors (Lipinski definition) is 4. The minimum absolute atomic E-state index is 0.206. The molecule has 3 heterocycles. The maximum absolute atomic E-state index is 12.5. The Morgan fingerprint density at radius 2 is 1.59 bits per heavy atom. The van der Waals surface area contributed by atoms with Gasteiger partial charge in [-0.25, -0.2) is 0 Å². The van der Waals surface area contributed by atoms with E-state index in [2.05, 4.69) is 28.5 Å². The molecule has 0 aliphatic carbocycles. The van der Waals surface area contributed by atoms with E-state index in [1.807, 2.05) is 0 Å². The molecule has 27 heavy (non-hydrogen) atoms. The highest BCUT2D eigenvalue weighted by atomic mass is 16.5. The van der Waals surface area contributed by atoms with Gasteiger partial charge in [-0.2, -0.15) is 0 Å². The Kier molecular flexibility index (Phi) is 7.15. The molecule has 0 spiro atoms. The first kappa shape index (κ1) is 20.6. The fraction of sp³-hybridized carbons (Fsp3) is 0.905. The largest absolute Gasteiger partial charge is 0.366 e. The van der Waals surface area contributed by atoms with Crippen LogP contribution in [0.1, 0.15) is 71.6 Å². The Hall–Kier alpha value is -1.14. The molecule has 0 aromatic rings. The predicted molar refractivity (Wildman–Crippen MR) is 105 cm³/mol. The van der Waals surface area contributed by atoms with Crippen molar-refractivity contribution in [1.29, 1.82) is 0 Å². The SMILES string of the molecule is CCC(CC(CC(C)N1CCCC1OC)N1CCCC1=O)N1CCCC1=O. The fourth-order valence-electron chi connectivity index (χ4n) is 5.33. The molecule has 3 aliphatic rings. The number of methoxy groups -OCH3 is 1. The predicted octanol–water partition coefficient (Wildman–Crippen LogP) is 2.62. The van der Waals surface area contributed by atoms with Crippen molar-refractivity contribution in [3.05, 3.63) is 0 Å². The summed E-state index contributed by atoms with van der Waals surface area (Å²) in [6.45, 7) is 7.26.